The highest BCUT2D eigenvalue weighted by Gasteiger charge is 2.12. The summed E-state index contributed by atoms with van der Waals surface area (Å²) in [7, 11) is -0.841. The molecular formula is C8H20NOP. The lowest BCUT2D eigenvalue weighted by atomic mass is 10.2. The third kappa shape index (κ3) is 4.73. The maximum atomic E-state index is 9.56. The number of hydrogen-bond acceptors (Lipinski definition) is 2. The Balaban J connectivity index is 3.74. The van der Waals surface area contributed by atoms with Gasteiger partial charge in [-0.25, -0.2) is 0 Å². The fourth-order valence-corrected chi connectivity index (χ4v) is 2.25. The summed E-state index contributed by atoms with van der Waals surface area (Å²) in [4.78, 5) is 9.56. The molecule has 68 valence electrons. The van der Waals surface area contributed by atoms with Crippen LogP contribution in [0.4, 0.5) is 0 Å². The van der Waals surface area contributed by atoms with Gasteiger partial charge in [-0.2, -0.15) is 0 Å². The van der Waals surface area contributed by atoms with E-state index in [0.29, 0.717) is 5.92 Å². The standard InChI is InChI=1S/C8H20NOP/c1-5-9(7-8(3)4)11(10)6-2/h8,10H,5-7H2,1-4H3. The van der Waals surface area contributed by atoms with Crippen molar-refractivity contribution in [2.24, 2.45) is 5.92 Å². The SMILES string of the molecule is CCN(CC(C)C)P(O)CC. The largest absolute Gasteiger partial charge is 0.359 e. The molecule has 1 atom stereocenters. The average molecular weight is 177 g/mol. The first-order valence-electron chi connectivity index (χ1n) is 4.33. The lowest BCUT2D eigenvalue weighted by molar-refractivity contribution is 0.377. The van der Waals surface area contributed by atoms with Crippen LogP contribution in [-0.2, 0) is 0 Å². The second kappa shape index (κ2) is 5.93. The van der Waals surface area contributed by atoms with Gasteiger partial charge in [-0.1, -0.05) is 27.7 Å². The van der Waals surface area contributed by atoms with Gasteiger partial charge < -0.3 is 4.89 Å². The first-order chi connectivity index (χ1) is 5.11. The minimum atomic E-state index is -0.841. The summed E-state index contributed by atoms with van der Waals surface area (Å²) in [6.45, 7) is 10.5. The van der Waals surface area contributed by atoms with Crippen molar-refractivity contribution in [3.8, 4) is 0 Å². The molecule has 0 aromatic carbocycles. The average Bonchev–Trinajstić information content (AvgIpc) is 1.98. The van der Waals surface area contributed by atoms with E-state index in [2.05, 4.69) is 25.4 Å². The minimum Gasteiger partial charge on any atom is -0.359 e. The molecule has 11 heavy (non-hydrogen) atoms. The second-order valence-corrected chi connectivity index (χ2v) is 5.03. The van der Waals surface area contributed by atoms with Crippen LogP contribution in [0, 0.1) is 5.92 Å². The molecule has 0 bridgehead atoms. The highest BCUT2D eigenvalue weighted by atomic mass is 31.2. The molecular weight excluding hydrogens is 157 g/mol. The van der Waals surface area contributed by atoms with Gasteiger partial charge in [0.1, 0.15) is 8.30 Å². The van der Waals surface area contributed by atoms with Crippen LogP contribution in [0.25, 0.3) is 0 Å². The Hall–Kier alpha value is 0.350. The first kappa shape index (κ1) is 11.4. The van der Waals surface area contributed by atoms with Crippen molar-refractivity contribution in [2.45, 2.75) is 27.7 Å². The van der Waals surface area contributed by atoms with Crippen LogP contribution in [0.2, 0.25) is 0 Å². The van der Waals surface area contributed by atoms with Crippen LogP contribution in [0.1, 0.15) is 27.7 Å². The lowest BCUT2D eigenvalue weighted by Gasteiger charge is -2.26. The summed E-state index contributed by atoms with van der Waals surface area (Å²) < 4.78 is 2.17. The molecule has 0 saturated heterocycles. The van der Waals surface area contributed by atoms with Crippen LogP contribution in [-0.4, -0.2) is 28.8 Å². The van der Waals surface area contributed by atoms with E-state index in [4.69, 9.17) is 0 Å². The van der Waals surface area contributed by atoms with E-state index >= 15 is 0 Å². The number of nitrogens with zero attached hydrogens (tertiary/aromatic N) is 1. The van der Waals surface area contributed by atoms with Gasteiger partial charge in [0.2, 0.25) is 0 Å². The van der Waals surface area contributed by atoms with Crippen molar-refractivity contribution in [3.63, 3.8) is 0 Å². The molecule has 1 unspecified atom stereocenters. The Morgan fingerprint density at radius 1 is 1.36 bits per heavy atom. The minimum absolute atomic E-state index is 0.652. The van der Waals surface area contributed by atoms with Crippen molar-refractivity contribution >= 4 is 8.30 Å². The highest BCUT2D eigenvalue weighted by molar-refractivity contribution is 7.48. The van der Waals surface area contributed by atoms with Gasteiger partial charge >= 0.3 is 0 Å². The molecule has 0 radical (unpaired) electrons. The van der Waals surface area contributed by atoms with Crippen molar-refractivity contribution in [3.05, 3.63) is 0 Å². The molecule has 0 rings (SSSR count). The van der Waals surface area contributed by atoms with Gasteiger partial charge in [0.25, 0.3) is 0 Å². The van der Waals surface area contributed by atoms with Gasteiger partial charge in [-0.15, -0.1) is 0 Å². The summed E-state index contributed by atoms with van der Waals surface area (Å²) in [5.74, 6) is 0.652. The Morgan fingerprint density at radius 2 is 1.91 bits per heavy atom. The summed E-state index contributed by atoms with van der Waals surface area (Å²) in [5.41, 5.74) is 0. The van der Waals surface area contributed by atoms with E-state index in [-0.39, 0.29) is 0 Å². The van der Waals surface area contributed by atoms with Crippen molar-refractivity contribution in [2.75, 3.05) is 19.3 Å². The fourth-order valence-electron chi connectivity index (χ4n) is 1.01. The Labute approximate surface area is 71.5 Å². The smallest absolute Gasteiger partial charge is 0.100 e. The topological polar surface area (TPSA) is 23.5 Å². The number of hydrogen-bond donors (Lipinski definition) is 1. The van der Waals surface area contributed by atoms with Crippen molar-refractivity contribution in [1.29, 1.82) is 0 Å². The highest BCUT2D eigenvalue weighted by Crippen LogP contribution is 2.34. The van der Waals surface area contributed by atoms with Gasteiger partial charge in [-0.05, 0) is 5.92 Å². The third-order valence-corrected chi connectivity index (χ3v) is 3.22. The van der Waals surface area contributed by atoms with E-state index in [9.17, 15) is 4.89 Å². The van der Waals surface area contributed by atoms with E-state index < -0.39 is 8.30 Å². The van der Waals surface area contributed by atoms with Gasteiger partial charge in [0.05, 0.1) is 0 Å². The van der Waals surface area contributed by atoms with Gasteiger partial charge in [-0.3, -0.25) is 4.67 Å². The zero-order valence-electron chi connectivity index (χ0n) is 8.04. The monoisotopic (exact) mass is 177 g/mol. The van der Waals surface area contributed by atoms with Crippen molar-refractivity contribution in [1.82, 2.24) is 4.67 Å². The maximum absolute atomic E-state index is 9.56. The predicted octanol–water partition coefficient (Wildman–Crippen LogP) is 2.29. The molecule has 0 aromatic rings. The van der Waals surface area contributed by atoms with E-state index in [1.807, 2.05) is 6.92 Å². The molecule has 0 amide bonds. The molecule has 0 spiro atoms. The molecule has 0 saturated carbocycles. The van der Waals surface area contributed by atoms with Crippen LogP contribution in [0.5, 0.6) is 0 Å². The fraction of sp³-hybridized carbons (Fsp3) is 1.00. The summed E-state index contributed by atoms with van der Waals surface area (Å²) in [5, 5.41) is 0. The molecule has 2 nitrogen and oxygen atoms in total. The number of rotatable bonds is 5. The van der Waals surface area contributed by atoms with Gasteiger partial charge in [0, 0.05) is 19.3 Å². The molecule has 0 aliphatic heterocycles. The second-order valence-electron chi connectivity index (χ2n) is 3.09. The first-order valence-corrected chi connectivity index (χ1v) is 5.76. The van der Waals surface area contributed by atoms with Crippen LogP contribution < -0.4 is 0 Å². The normalized spacial score (nSPS) is 14.5. The molecule has 0 aliphatic rings. The third-order valence-electron chi connectivity index (χ3n) is 1.55. The molecule has 0 heterocycles. The Bertz CT molecular complexity index is 98.1. The maximum Gasteiger partial charge on any atom is 0.100 e. The quantitative estimate of drug-likeness (QED) is 0.651. The Kier molecular flexibility index (Phi) is 6.12. The summed E-state index contributed by atoms with van der Waals surface area (Å²) >= 11 is 0. The summed E-state index contributed by atoms with van der Waals surface area (Å²) in [6, 6.07) is 0. The summed E-state index contributed by atoms with van der Waals surface area (Å²) in [6.07, 6.45) is 0.885. The van der Waals surface area contributed by atoms with Crippen molar-refractivity contribution < 1.29 is 4.89 Å². The van der Waals surface area contributed by atoms with E-state index in [0.717, 1.165) is 19.3 Å². The van der Waals surface area contributed by atoms with Crippen LogP contribution in [0.3, 0.4) is 0 Å². The molecule has 1 N–H and O–H groups in total. The zero-order chi connectivity index (χ0) is 8.85. The zero-order valence-corrected chi connectivity index (χ0v) is 8.93. The molecule has 0 fully saturated rings. The van der Waals surface area contributed by atoms with E-state index in [1.54, 1.807) is 0 Å². The molecule has 0 aliphatic carbocycles. The van der Waals surface area contributed by atoms with E-state index in [1.165, 1.54) is 0 Å². The van der Waals surface area contributed by atoms with Crippen LogP contribution >= 0.6 is 8.30 Å². The molecule has 3 heteroatoms. The Morgan fingerprint density at radius 3 is 2.18 bits per heavy atom. The lowest BCUT2D eigenvalue weighted by Crippen LogP contribution is -2.23. The predicted molar refractivity (Wildman–Crippen MR) is 51.8 cm³/mol. The van der Waals surface area contributed by atoms with Gasteiger partial charge in [0.15, 0.2) is 0 Å². The molecule has 0 aromatic heterocycles. The van der Waals surface area contributed by atoms with Crippen LogP contribution in [0.15, 0.2) is 0 Å².